The topological polar surface area (TPSA) is 28.7 Å². The molecule has 1 heterocycles. The monoisotopic (exact) mass is 590 g/mol. The molecule has 0 radical (unpaired) electrons. The fraction of sp³-hybridized carbons (Fsp3) is 0.0625. The number of benzene rings is 2. The van der Waals surface area contributed by atoms with Crippen LogP contribution in [0.4, 0.5) is 8.78 Å². The van der Waals surface area contributed by atoms with E-state index in [1.807, 2.05) is 0 Å². The van der Waals surface area contributed by atoms with Crippen LogP contribution in [0.1, 0.15) is 22.9 Å². The van der Waals surface area contributed by atoms with Gasteiger partial charge < -0.3 is 4.98 Å². The molecule has 0 saturated heterocycles. The van der Waals surface area contributed by atoms with Crippen molar-refractivity contribution in [3.8, 4) is 0 Å². The normalized spacial score (nSPS) is 11.3. The molecule has 0 bridgehead atoms. The second-order valence-electron chi connectivity index (χ2n) is 5.01. The molecule has 0 amide bonds. The van der Waals surface area contributed by atoms with Crippen molar-refractivity contribution < 1.29 is 8.78 Å². The van der Waals surface area contributed by atoms with Gasteiger partial charge in [0.15, 0.2) is 0 Å². The van der Waals surface area contributed by atoms with E-state index in [0.717, 1.165) is 18.5 Å². The van der Waals surface area contributed by atoms with Gasteiger partial charge in [-0.05, 0) is 80.6 Å². The lowest BCUT2D eigenvalue weighted by atomic mass is 9.90. The zero-order valence-electron chi connectivity index (χ0n) is 11.8. The fourth-order valence-electron chi connectivity index (χ4n) is 2.38. The van der Waals surface area contributed by atoms with Crippen molar-refractivity contribution >= 4 is 68.4 Å². The SMILES string of the molecule is Fc1ccc(C(c2ccc(F)c(Cl)c2)c2nc(I)c(I)[nH]2)cc1Cl. The summed E-state index contributed by atoms with van der Waals surface area (Å²) in [5.74, 6) is -0.729. The van der Waals surface area contributed by atoms with Crippen LogP contribution in [-0.4, -0.2) is 9.97 Å². The van der Waals surface area contributed by atoms with Gasteiger partial charge in [-0.15, -0.1) is 0 Å². The molecule has 2 nitrogen and oxygen atoms in total. The number of aromatic amines is 1. The third-order valence-electron chi connectivity index (χ3n) is 3.46. The highest BCUT2D eigenvalue weighted by atomic mass is 127. The zero-order chi connectivity index (χ0) is 17.4. The molecule has 0 atom stereocenters. The van der Waals surface area contributed by atoms with Crippen LogP contribution < -0.4 is 0 Å². The predicted molar refractivity (Wildman–Crippen MR) is 108 cm³/mol. The van der Waals surface area contributed by atoms with Gasteiger partial charge in [0.25, 0.3) is 0 Å². The molecule has 124 valence electrons. The lowest BCUT2D eigenvalue weighted by Gasteiger charge is -2.17. The zero-order valence-corrected chi connectivity index (χ0v) is 17.6. The molecular weight excluding hydrogens is 583 g/mol. The highest BCUT2D eigenvalue weighted by Crippen LogP contribution is 2.34. The largest absolute Gasteiger partial charge is 0.336 e. The Kier molecular flexibility index (Phi) is 5.68. The van der Waals surface area contributed by atoms with E-state index in [1.54, 1.807) is 24.3 Å². The lowest BCUT2D eigenvalue weighted by molar-refractivity contribution is 0.626. The first-order valence-electron chi connectivity index (χ1n) is 6.67. The molecule has 0 saturated carbocycles. The Morgan fingerprint density at radius 3 is 1.79 bits per heavy atom. The molecule has 0 aliphatic carbocycles. The first-order valence-corrected chi connectivity index (χ1v) is 9.59. The number of halogens is 6. The van der Waals surface area contributed by atoms with E-state index >= 15 is 0 Å². The molecule has 3 rings (SSSR count). The Morgan fingerprint density at radius 2 is 1.42 bits per heavy atom. The Hall–Kier alpha value is -0.450. The molecule has 2 aromatic carbocycles. The van der Waals surface area contributed by atoms with Crippen LogP contribution in [0.25, 0.3) is 0 Å². The van der Waals surface area contributed by atoms with E-state index in [0.29, 0.717) is 5.82 Å². The average molecular weight is 591 g/mol. The van der Waals surface area contributed by atoms with Gasteiger partial charge in [0, 0.05) is 0 Å². The molecule has 0 aliphatic rings. The van der Waals surface area contributed by atoms with Crippen LogP contribution in [0, 0.1) is 19.0 Å². The smallest absolute Gasteiger partial charge is 0.141 e. The van der Waals surface area contributed by atoms with Crippen molar-refractivity contribution in [2.24, 2.45) is 0 Å². The van der Waals surface area contributed by atoms with Crippen LogP contribution in [0.2, 0.25) is 10.0 Å². The van der Waals surface area contributed by atoms with E-state index < -0.39 is 11.6 Å². The van der Waals surface area contributed by atoms with E-state index in [9.17, 15) is 8.78 Å². The summed E-state index contributed by atoms with van der Waals surface area (Å²) in [5.41, 5.74) is 1.45. The Morgan fingerprint density at radius 1 is 0.917 bits per heavy atom. The Bertz CT molecular complexity index is 844. The molecule has 0 aliphatic heterocycles. The summed E-state index contributed by atoms with van der Waals surface area (Å²) in [7, 11) is 0. The first-order chi connectivity index (χ1) is 11.4. The molecule has 0 unspecified atom stereocenters. The van der Waals surface area contributed by atoms with Gasteiger partial charge in [-0.1, -0.05) is 35.3 Å². The number of nitrogens with zero attached hydrogens (tertiary/aromatic N) is 1. The van der Waals surface area contributed by atoms with Crippen molar-refractivity contribution in [2.75, 3.05) is 0 Å². The number of imidazole rings is 1. The molecular formula is C16H8Cl2F2I2N2. The quantitative estimate of drug-likeness (QED) is 0.352. The van der Waals surface area contributed by atoms with Gasteiger partial charge in [-0.2, -0.15) is 0 Å². The summed E-state index contributed by atoms with van der Waals surface area (Å²) in [6, 6.07) is 8.95. The number of aromatic nitrogens is 2. The third-order valence-corrected chi connectivity index (χ3v) is 6.64. The molecule has 1 aromatic heterocycles. The first kappa shape index (κ1) is 18.3. The average Bonchev–Trinajstić information content (AvgIpc) is 2.86. The van der Waals surface area contributed by atoms with Gasteiger partial charge in [0.05, 0.1) is 16.0 Å². The van der Waals surface area contributed by atoms with Gasteiger partial charge in [0.1, 0.15) is 24.9 Å². The van der Waals surface area contributed by atoms with E-state index in [1.165, 1.54) is 12.1 Å². The predicted octanol–water partition coefficient (Wildman–Crippen LogP) is 6.38. The number of rotatable bonds is 3. The maximum Gasteiger partial charge on any atom is 0.141 e. The van der Waals surface area contributed by atoms with Crippen molar-refractivity contribution in [1.82, 2.24) is 9.97 Å². The summed E-state index contributed by atoms with van der Waals surface area (Å²) in [5, 5.41) is 0.0308. The van der Waals surface area contributed by atoms with Crippen molar-refractivity contribution in [3.63, 3.8) is 0 Å². The molecule has 24 heavy (non-hydrogen) atoms. The highest BCUT2D eigenvalue weighted by molar-refractivity contribution is 14.1. The molecule has 0 fully saturated rings. The highest BCUT2D eigenvalue weighted by Gasteiger charge is 2.23. The lowest BCUT2D eigenvalue weighted by Crippen LogP contribution is -2.06. The maximum absolute atomic E-state index is 13.5. The maximum atomic E-state index is 13.5. The summed E-state index contributed by atoms with van der Waals surface area (Å²) in [4.78, 5) is 7.72. The number of H-pyrrole nitrogens is 1. The van der Waals surface area contributed by atoms with Gasteiger partial charge >= 0.3 is 0 Å². The number of hydrogen-bond donors (Lipinski definition) is 1. The molecule has 3 aromatic rings. The van der Waals surface area contributed by atoms with Gasteiger partial charge in [-0.25, -0.2) is 13.8 Å². The van der Waals surface area contributed by atoms with E-state index in [4.69, 9.17) is 23.2 Å². The summed E-state index contributed by atoms with van der Waals surface area (Å²) < 4.78 is 28.7. The number of nitrogens with one attached hydrogen (secondary N) is 1. The molecule has 1 N–H and O–H groups in total. The molecule has 0 spiro atoms. The van der Waals surface area contributed by atoms with E-state index in [2.05, 4.69) is 55.1 Å². The summed E-state index contributed by atoms with van der Waals surface area (Å²) >= 11 is 16.1. The minimum atomic E-state index is -0.500. The Balaban J connectivity index is 2.19. The van der Waals surface area contributed by atoms with Gasteiger partial charge in [-0.3, -0.25) is 0 Å². The van der Waals surface area contributed by atoms with Crippen molar-refractivity contribution in [3.05, 3.63) is 82.4 Å². The fourth-order valence-corrected chi connectivity index (χ4v) is 3.55. The standard InChI is InChI=1S/C16H8Cl2F2I2N2/c17-9-5-7(1-3-11(9)19)13(16-23-14(21)15(22)24-16)8-2-4-12(20)10(18)6-8/h1-6,13H,(H,23,24). The minimum absolute atomic E-state index is 0.0154. The summed E-state index contributed by atoms with van der Waals surface area (Å²) in [6.07, 6.45) is 0. The second kappa shape index (κ2) is 7.43. The van der Waals surface area contributed by atoms with Crippen LogP contribution in [0.15, 0.2) is 36.4 Å². The Labute approximate surface area is 174 Å². The van der Waals surface area contributed by atoms with Crippen molar-refractivity contribution in [2.45, 2.75) is 5.92 Å². The third kappa shape index (κ3) is 3.71. The van der Waals surface area contributed by atoms with Crippen LogP contribution >= 0.6 is 68.4 Å². The molecule has 8 heteroatoms. The second-order valence-corrected chi connectivity index (χ2v) is 7.92. The summed E-state index contributed by atoms with van der Waals surface area (Å²) in [6.45, 7) is 0. The van der Waals surface area contributed by atoms with Crippen LogP contribution in [0.3, 0.4) is 0 Å². The van der Waals surface area contributed by atoms with Crippen molar-refractivity contribution in [1.29, 1.82) is 0 Å². The van der Waals surface area contributed by atoms with Crippen LogP contribution in [0.5, 0.6) is 0 Å². The number of hydrogen-bond acceptors (Lipinski definition) is 1. The van der Waals surface area contributed by atoms with Gasteiger partial charge in [0.2, 0.25) is 0 Å². The van der Waals surface area contributed by atoms with E-state index in [-0.39, 0.29) is 16.0 Å². The van der Waals surface area contributed by atoms with Crippen LogP contribution in [-0.2, 0) is 0 Å². The minimum Gasteiger partial charge on any atom is -0.336 e.